The third-order valence-corrected chi connectivity index (χ3v) is 1.99. The maximum atomic E-state index is 13.2. The zero-order valence-corrected chi connectivity index (χ0v) is 10.1. The van der Waals surface area contributed by atoms with E-state index in [-0.39, 0.29) is 6.20 Å². The summed E-state index contributed by atoms with van der Waals surface area (Å²) in [6.45, 7) is 0.762. The summed E-state index contributed by atoms with van der Waals surface area (Å²) < 4.78 is 95.1. The molecule has 0 amide bonds. The molecule has 0 unspecified atom stereocenters. The van der Waals surface area contributed by atoms with Crippen LogP contribution >= 0.6 is 0 Å². The number of carbonyl (C=O) groups excluding carboxylic acids is 1. The fraction of sp³-hybridized carbons (Fsp3) is 0.400. The molecule has 1 aromatic rings. The summed E-state index contributed by atoms with van der Waals surface area (Å²) in [6, 6.07) is 0. The molecule has 1 aromatic heterocycles. The second-order valence-corrected chi connectivity index (χ2v) is 3.43. The van der Waals surface area contributed by atoms with Crippen molar-refractivity contribution >= 4 is 5.97 Å². The molecule has 0 saturated heterocycles. The fourth-order valence-corrected chi connectivity index (χ4v) is 1.34. The van der Waals surface area contributed by atoms with Crippen molar-refractivity contribution in [3.63, 3.8) is 0 Å². The molecule has 118 valence electrons. The summed E-state index contributed by atoms with van der Waals surface area (Å²) in [6.07, 6.45) is -10.8. The van der Waals surface area contributed by atoms with E-state index in [4.69, 9.17) is 0 Å². The third kappa shape index (κ3) is 4.20. The molecule has 0 N–H and O–H groups in total. The van der Waals surface area contributed by atoms with Crippen LogP contribution in [-0.2, 0) is 10.9 Å². The summed E-state index contributed by atoms with van der Waals surface area (Å²) >= 11 is 0. The van der Waals surface area contributed by atoms with Crippen molar-refractivity contribution in [3.8, 4) is 5.75 Å². The smallest absolute Gasteiger partial charge is 0.462 e. The number of hydrogen-bond acceptors (Lipinski definition) is 4. The summed E-state index contributed by atoms with van der Waals surface area (Å²) in [7, 11) is 0. The molecule has 1 rings (SSSR count). The summed E-state index contributed by atoms with van der Waals surface area (Å²) in [5, 5.41) is 0. The van der Waals surface area contributed by atoms with Gasteiger partial charge >= 0.3 is 18.5 Å². The Morgan fingerprint density at radius 1 is 1.24 bits per heavy atom. The predicted molar refractivity (Wildman–Crippen MR) is 51.8 cm³/mol. The van der Waals surface area contributed by atoms with E-state index in [9.17, 15) is 35.5 Å². The summed E-state index contributed by atoms with van der Waals surface area (Å²) in [4.78, 5) is 13.9. The Balaban J connectivity index is 3.55. The van der Waals surface area contributed by atoms with Crippen LogP contribution in [0.2, 0.25) is 0 Å². The lowest BCUT2D eigenvalue weighted by atomic mass is 10.1. The molecule has 0 aliphatic carbocycles. The van der Waals surface area contributed by atoms with Crippen LogP contribution in [0.25, 0.3) is 0 Å². The monoisotopic (exact) mass is 321 g/mol. The quantitative estimate of drug-likeness (QED) is 0.487. The minimum atomic E-state index is -5.47. The molecule has 0 radical (unpaired) electrons. The maximum absolute atomic E-state index is 13.2. The molecule has 0 spiro atoms. The van der Waals surface area contributed by atoms with Gasteiger partial charge in [0.2, 0.25) is 5.95 Å². The topological polar surface area (TPSA) is 48.4 Å². The Hall–Kier alpha value is -2.07. The molecule has 11 heteroatoms. The molecule has 0 saturated carbocycles. The molecule has 0 fully saturated rings. The number of alkyl halides is 6. The molecule has 0 aliphatic rings. The van der Waals surface area contributed by atoms with Crippen molar-refractivity contribution in [1.82, 2.24) is 4.98 Å². The van der Waals surface area contributed by atoms with Crippen LogP contribution in [0.15, 0.2) is 6.20 Å². The number of carbonyl (C=O) groups is 1. The van der Waals surface area contributed by atoms with Crippen molar-refractivity contribution in [1.29, 1.82) is 0 Å². The summed E-state index contributed by atoms with van der Waals surface area (Å²) in [5.74, 6) is -5.58. The first-order valence-electron chi connectivity index (χ1n) is 5.16. The van der Waals surface area contributed by atoms with E-state index in [1.54, 1.807) is 0 Å². The van der Waals surface area contributed by atoms with Crippen molar-refractivity contribution < 1.29 is 45.0 Å². The molecule has 0 atom stereocenters. The van der Waals surface area contributed by atoms with Gasteiger partial charge in [-0.1, -0.05) is 0 Å². The van der Waals surface area contributed by atoms with E-state index in [0.29, 0.717) is 0 Å². The highest BCUT2D eigenvalue weighted by atomic mass is 19.4. The Bertz CT molecular complexity index is 539. The number of rotatable bonds is 3. The molecular formula is C10H6F7NO3. The first-order chi connectivity index (χ1) is 9.47. The van der Waals surface area contributed by atoms with E-state index >= 15 is 0 Å². The molecule has 0 aromatic carbocycles. The standard InChI is InChI=1S/C10H6F7NO3/c1-2-20-8(19)5-4(21-10(15,16)17)3-18-7(11)6(5)9(12,13)14/h3H,2H2,1H3. The van der Waals surface area contributed by atoms with Crippen molar-refractivity contribution in [2.45, 2.75) is 19.5 Å². The number of esters is 1. The van der Waals surface area contributed by atoms with Gasteiger partial charge in [-0.3, -0.25) is 0 Å². The van der Waals surface area contributed by atoms with Crippen LogP contribution in [0.3, 0.4) is 0 Å². The van der Waals surface area contributed by atoms with Crippen LogP contribution in [0.4, 0.5) is 30.7 Å². The maximum Gasteiger partial charge on any atom is 0.573 e. The molecule has 1 heterocycles. The van der Waals surface area contributed by atoms with Crippen molar-refractivity contribution in [2.24, 2.45) is 0 Å². The lowest BCUT2D eigenvalue weighted by Crippen LogP contribution is -2.24. The lowest BCUT2D eigenvalue weighted by Gasteiger charge is -2.17. The second-order valence-electron chi connectivity index (χ2n) is 3.43. The van der Waals surface area contributed by atoms with Gasteiger partial charge in [0.15, 0.2) is 5.75 Å². The molecule has 0 aliphatic heterocycles. The average molecular weight is 321 g/mol. The predicted octanol–water partition coefficient (Wildman–Crippen LogP) is 3.31. The van der Waals surface area contributed by atoms with Gasteiger partial charge in [0.1, 0.15) is 11.1 Å². The van der Waals surface area contributed by atoms with Gasteiger partial charge in [0.05, 0.1) is 12.8 Å². The minimum Gasteiger partial charge on any atom is -0.462 e. The van der Waals surface area contributed by atoms with Crippen LogP contribution in [0.1, 0.15) is 22.8 Å². The van der Waals surface area contributed by atoms with Crippen LogP contribution < -0.4 is 4.74 Å². The third-order valence-electron chi connectivity index (χ3n) is 1.99. The van der Waals surface area contributed by atoms with Crippen molar-refractivity contribution in [2.75, 3.05) is 6.61 Å². The molecular weight excluding hydrogens is 315 g/mol. The molecule has 4 nitrogen and oxygen atoms in total. The van der Waals surface area contributed by atoms with Gasteiger partial charge in [-0.25, -0.2) is 9.78 Å². The van der Waals surface area contributed by atoms with Crippen LogP contribution in [-0.4, -0.2) is 23.9 Å². The molecule has 0 bridgehead atoms. The number of pyridine rings is 1. The Kier molecular flexibility index (Phi) is 4.64. The highest BCUT2D eigenvalue weighted by Crippen LogP contribution is 2.38. The fourth-order valence-electron chi connectivity index (χ4n) is 1.34. The first-order valence-corrected chi connectivity index (χ1v) is 5.16. The largest absolute Gasteiger partial charge is 0.573 e. The first kappa shape index (κ1) is 17.0. The van der Waals surface area contributed by atoms with Gasteiger partial charge in [0.25, 0.3) is 0 Å². The van der Waals surface area contributed by atoms with Gasteiger partial charge in [0, 0.05) is 0 Å². The molecule has 21 heavy (non-hydrogen) atoms. The zero-order valence-electron chi connectivity index (χ0n) is 10.1. The highest BCUT2D eigenvalue weighted by Gasteiger charge is 2.44. The van der Waals surface area contributed by atoms with Gasteiger partial charge in [-0.2, -0.15) is 17.6 Å². The van der Waals surface area contributed by atoms with Gasteiger partial charge in [-0.15, -0.1) is 13.2 Å². The number of nitrogens with zero attached hydrogens (tertiary/aromatic N) is 1. The van der Waals surface area contributed by atoms with Gasteiger partial charge < -0.3 is 9.47 Å². The lowest BCUT2D eigenvalue weighted by molar-refractivity contribution is -0.275. The minimum absolute atomic E-state index is 0.0182. The Morgan fingerprint density at radius 3 is 2.24 bits per heavy atom. The van der Waals surface area contributed by atoms with Crippen molar-refractivity contribution in [3.05, 3.63) is 23.3 Å². The average Bonchev–Trinajstić information content (AvgIpc) is 2.27. The SMILES string of the molecule is CCOC(=O)c1c(OC(F)(F)F)cnc(F)c1C(F)(F)F. The highest BCUT2D eigenvalue weighted by molar-refractivity contribution is 5.94. The van der Waals surface area contributed by atoms with Crippen LogP contribution in [0.5, 0.6) is 5.75 Å². The second kappa shape index (κ2) is 5.74. The van der Waals surface area contributed by atoms with Gasteiger partial charge in [-0.05, 0) is 6.92 Å². The summed E-state index contributed by atoms with van der Waals surface area (Å²) in [5.41, 5.74) is -4.02. The van der Waals surface area contributed by atoms with Crippen LogP contribution in [0, 0.1) is 5.95 Å². The zero-order chi connectivity index (χ0) is 16.4. The Morgan fingerprint density at radius 2 is 1.81 bits per heavy atom. The number of aromatic nitrogens is 1. The van der Waals surface area contributed by atoms with E-state index in [1.807, 2.05) is 0 Å². The Labute approximate surface area is 112 Å². The van der Waals surface area contributed by atoms with E-state index in [2.05, 4.69) is 14.5 Å². The number of ether oxygens (including phenoxy) is 2. The normalized spacial score (nSPS) is 12.2. The van der Waals surface area contributed by atoms with E-state index in [0.717, 1.165) is 0 Å². The number of hydrogen-bond donors (Lipinski definition) is 0. The van der Waals surface area contributed by atoms with E-state index in [1.165, 1.54) is 6.92 Å². The number of halogens is 7. The van der Waals surface area contributed by atoms with E-state index < -0.39 is 47.9 Å².